The Labute approximate surface area is 114 Å². The number of nitrogens with zero attached hydrogens (tertiary/aromatic N) is 2. The highest BCUT2D eigenvalue weighted by Gasteiger charge is 2.22. The number of halogens is 1. The molecule has 7 heteroatoms. The molecule has 0 aliphatic rings. The predicted octanol–water partition coefficient (Wildman–Crippen LogP) is 1.95. The number of aromatic nitrogens is 2. The first-order valence-electron chi connectivity index (χ1n) is 5.64. The highest BCUT2D eigenvalue weighted by Crippen LogP contribution is 2.25. The van der Waals surface area contributed by atoms with Crippen LogP contribution in [-0.2, 0) is 4.74 Å². The van der Waals surface area contributed by atoms with E-state index >= 15 is 0 Å². The summed E-state index contributed by atoms with van der Waals surface area (Å²) in [6.45, 7) is 1.92. The second kappa shape index (κ2) is 5.81. The van der Waals surface area contributed by atoms with Crippen molar-refractivity contribution in [3.63, 3.8) is 0 Å². The van der Waals surface area contributed by atoms with Crippen molar-refractivity contribution in [2.24, 2.45) is 5.73 Å². The van der Waals surface area contributed by atoms with Gasteiger partial charge in [-0.15, -0.1) is 0 Å². The SMILES string of the molecule is CCOC(=O)c1noc([C@H](N)c2ccccc2Cl)n1. The molecule has 2 aromatic rings. The first kappa shape index (κ1) is 13.5. The summed E-state index contributed by atoms with van der Waals surface area (Å²) >= 11 is 6.03. The monoisotopic (exact) mass is 281 g/mol. The molecule has 1 heterocycles. The van der Waals surface area contributed by atoms with E-state index in [1.165, 1.54) is 0 Å². The van der Waals surface area contributed by atoms with Crippen LogP contribution in [-0.4, -0.2) is 22.7 Å². The summed E-state index contributed by atoms with van der Waals surface area (Å²) < 4.78 is 9.72. The van der Waals surface area contributed by atoms with Gasteiger partial charge in [0.05, 0.1) is 6.61 Å². The number of hydrogen-bond acceptors (Lipinski definition) is 6. The Morgan fingerprint density at radius 1 is 1.53 bits per heavy atom. The van der Waals surface area contributed by atoms with Crippen molar-refractivity contribution >= 4 is 17.6 Å². The first-order chi connectivity index (χ1) is 9.13. The zero-order valence-electron chi connectivity index (χ0n) is 10.2. The van der Waals surface area contributed by atoms with Crippen LogP contribution in [0, 0.1) is 0 Å². The molecule has 0 radical (unpaired) electrons. The van der Waals surface area contributed by atoms with E-state index in [1.54, 1.807) is 31.2 Å². The molecule has 2 N–H and O–H groups in total. The minimum absolute atomic E-state index is 0.108. The van der Waals surface area contributed by atoms with E-state index < -0.39 is 12.0 Å². The van der Waals surface area contributed by atoms with Crippen molar-refractivity contribution < 1.29 is 14.1 Å². The van der Waals surface area contributed by atoms with Crippen LogP contribution >= 0.6 is 11.6 Å². The maximum Gasteiger partial charge on any atom is 0.379 e. The molecule has 0 spiro atoms. The Balaban J connectivity index is 2.23. The third-order valence-electron chi connectivity index (χ3n) is 2.41. The van der Waals surface area contributed by atoms with E-state index in [4.69, 9.17) is 26.6 Å². The highest BCUT2D eigenvalue weighted by atomic mass is 35.5. The maximum absolute atomic E-state index is 11.4. The average molecular weight is 282 g/mol. The Morgan fingerprint density at radius 3 is 2.95 bits per heavy atom. The van der Waals surface area contributed by atoms with Gasteiger partial charge in [-0.3, -0.25) is 0 Å². The van der Waals surface area contributed by atoms with Crippen LogP contribution < -0.4 is 5.73 Å². The van der Waals surface area contributed by atoms with Crippen LogP contribution in [0.4, 0.5) is 0 Å². The quantitative estimate of drug-likeness (QED) is 0.861. The number of ether oxygens (including phenoxy) is 1. The number of hydrogen-bond donors (Lipinski definition) is 1. The number of esters is 1. The molecule has 0 aliphatic carbocycles. The molecule has 1 aromatic carbocycles. The summed E-state index contributed by atoms with van der Waals surface area (Å²) in [6, 6.07) is 6.35. The van der Waals surface area contributed by atoms with E-state index in [0.29, 0.717) is 10.6 Å². The Bertz CT molecular complexity index is 585. The fourth-order valence-electron chi connectivity index (χ4n) is 1.50. The summed E-state index contributed by atoms with van der Waals surface area (Å²) in [6.07, 6.45) is 0. The van der Waals surface area contributed by atoms with Gasteiger partial charge < -0.3 is 15.0 Å². The topological polar surface area (TPSA) is 91.2 Å². The van der Waals surface area contributed by atoms with E-state index in [1.807, 2.05) is 0 Å². The van der Waals surface area contributed by atoms with Gasteiger partial charge in [-0.1, -0.05) is 29.8 Å². The van der Waals surface area contributed by atoms with Gasteiger partial charge in [-0.05, 0) is 23.7 Å². The van der Waals surface area contributed by atoms with E-state index in [0.717, 1.165) is 0 Å². The minimum atomic E-state index is -0.690. The van der Waals surface area contributed by atoms with Gasteiger partial charge in [0, 0.05) is 5.02 Å². The lowest BCUT2D eigenvalue weighted by molar-refractivity contribution is 0.0508. The van der Waals surface area contributed by atoms with Crippen molar-refractivity contribution in [1.29, 1.82) is 0 Å². The molecule has 0 fully saturated rings. The molecule has 100 valence electrons. The Hall–Kier alpha value is -1.92. The zero-order chi connectivity index (χ0) is 13.8. The molecule has 19 heavy (non-hydrogen) atoms. The standard InChI is InChI=1S/C12H12ClN3O3/c1-2-18-12(17)10-15-11(19-16-10)9(14)7-5-3-4-6-8(7)13/h3-6,9H,2,14H2,1H3/t9-/m1/s1. The minimum Gasteiger partial charge on any atom is -0.460 e. The van der Waals surface area contributed by atoms with Crippen molar-refractivity contribution in [3.05, 3.63) is 46.6 Å². The van der Waals surface area contributed by atoms with Crippen LogP contribution in [0.2, 0.25) is 5.02 Å². The predicted molar refractivity (Wildman–Crippen MR) is 67.7 cm³/mol. The van der Waals surface area contributed by atoms with Crippen LogP contribution in [0.3, 0.4) is 0 Å². The summed E-state index contributed by atoms with van der Waals surface area (Å²) in [5, 5.41) is 4.02. The molecule has 0 saturated heterocycles. The molecular formula is C12H12ClN3O3. The summed E-state index contributed by atoms with van der Waals surface area (Å²) in [5.74, 6) is -0.695. The van der Waals surface area contributed by atoms with Crippen LogP contribution in [0.25, 0.3) is 0 Å². The third-order valence-corrected chi connectivity index (χ3v) is 2.75. The highest BCUT2D eigenvalue weighted by molar-refractivity contribution is 6.31. The van der Waals surface area contributed by atoms with Gasteiger partial charge >= 0.3 is 5.97 Å². The largest absolute Gasteiger partial charge is 0.460 e. The van der Waals surface area contributed by atoms with Gasteiger partial charge in [0.2, 0.25) is 5.89 Å². The van der Waals surface area contributed by atoms with Crippen molar-refractivity contribution in [2.45, 2.75) is 13.0 Å². The summed E-state index contributed by atoms with van der Waals surface area (Å²) in [5.41, 5.74) is 6.61. The van der Waals surface area contributed by atoms with Gasteiger partial charge in [0.15, 0.2) is 0 Å². The zero-order valence-corrected chi connectivity index (χ0v) is 10.9. The number of carbonyl (C=O) groups excluding carboxylic acids is 1. The van der Waals surface area contributed by atoms with E-state index in [2.05, 4.69) is 10.1 Å². The molecule has 0 amide bonds. The summed E-state index contributed by atoms with van der Waals surface area (Å²) in [7, 11) is 0. The molecule has 1 aromatic heterocycles. The Kier molecular flexibility index (Phi) is 4.13. The normalized spacial score (nSPS) is 12.2. The van der Waals surface area contributed by atoms with Crippen molar-refractivity contribution in [1.82, 2.24) is 10.1 Å². The van der Waals surface area contributed by atoms with Gasteiger partial charge in [0.25, 0.3) is 5.82 Å². The number of rotatable bonds is 4. The summed E-state index contributed by atoms with van der Waals surface area (Å²) in [4.78, 5) is 15.3. The molecule has 0 unspecified atom stereocenters. The smallest absolute Gasteiger partial charge is 0.379 e. The number of nitrogens with two attached hydrogens (primary N) is 1. The van der Waals surface area contributed by atoms with Crippen molar-refractivity contribution in [2.75, 3.05) is 6.61 Å². The number of carbonyl (C=O) groups is 1. The van der Waals surface area contributed by atoms with Crippen LogP contribution in [0.1, 0.15) is 35.0 Å². The molecular weight excluding hydrogens is 270 g/mol. The number of benzene rings is 1. The third kappa shape index (κ3) is 2.91. The lowest BCUT2D eigenvalue weighted by Gasteiger charge is -2.08. The van der Waals surface area contributed by atoms with E-state index in [9.17, 15) is 4.79 Å². The molecule has 1 atom stereocenters. The molecule has 0 saturated carbocycles. The average Bonchev–Trinajstić information content (AvgIpc) is 2.88. The molecule has 0 bridgehead atoms. The van der Waals surface area contributed by atoms with Gasteiger partial charge in [-0.25, -0.2) is 4.79 Å². The maximum atomic E-state index is 11.4. The molecule has 6 nitrogen and oxygen atoms in total. The van der Waals surface area contributed by atoms with Crippen LogP contribution in [0.5, 0.6) is 0 Å². The van der Waals surface area contributed by atoms with Crippen LogP contribution in [0.15, 0.2) is 28.8 Å². The molecule has 0 aliphatic heterocycles. The van der Waals surface area contributed by atoms with Crippen molar-refractivity contribution in [3.8, 4) is 0 Å². The lowest BCUT2D eigenvalue weighted by Crippen LogP contribution is -2.13. The lowest BCUT2D eigenvalue weighted by atomic mass is 10.1. The second-order valence-corrected chi connectivity index (χ2v) is 4.08. The van der Waals surface area contributed by atoms with Gasteiger partial charge in [-0.2, -0.15) is 4.98 Å². The second-order valence-electron chi connectivity index (χ2n) is 3.68. The Morgan fingerprint density at radius 2 is 2.26 bits per heavy atom. The first-order valence-corrected chi connectivity index (χ1v) is 6.02. The fourth-order valence-corrected chi connectivity index (χ4v) is 1.75. The van der Waals surface area contributed by atoms with Gasteiger partial charge in [0.1, 0.15) is 6.04 Å². The fraction of sp³-hybridized carbons (Fsp3) is 0.250. The van der Waals surface area contributed by atoms with E-state index in [-0.39, 0.29) is 18.3 Å². The molecule has 2 rings (SSSR count).